The number of amides is 1. The Kier molecular flexibility index (Phi) is 6.02. The Bertz CT molecular complexity index is 745. The molecule has 1 amide bonds. The van der Waals surface area contributed by atoms with Crippen LogP contribution in [0.15, 0.2) is 29.3 Å². The molecule has 1 fully saturated rings. The Hall–Kier alpha value is -1.95. The van der Waals surface area contributed by atoms with Gasteiger partial charge in [-0.1, -0.05) is 11.8 Å². The molecule has 0 spiro atoms. The van der Waals surface area contributed by atoms with E-state index in [1.807, 2.05) is 37.1 Å². The second kappa shape index (κ2) is 8.43. The van der Waals surface area contributed by atoms with E-state index in [1.165, 1.54) is 18.2 Å². The molecule has 1 saturated heterocycles. The summed E-state index contributed by atoms with van der Waals surface area (Å²) in [5.74, 6) is 1.49. The normalized spacial score (nSPS) is 14.6. The van der Waals surface area contributed by atoms with Gasteiger partial charge in [0.05, 0.1) is 23.6 Å². The van der Waals surface area contributed by atoms with E-state index in [0.29, 0.717) is 12.4 Å². The number of ether oxygens (including phenoxy) is 1. The quantitative estimate of drug-likeness (QED) is 0.796. The highest BCUT2D eigenvalue weighted by molar-refractivity contribution is 8.00. The van der Waals surface area contributed by atoms with Crippen molar-refractivity contribution in [1.82, 2.24) is 9.88 Å². The molecule has 0 saturated carbocycles. The molecule has 6 heteroatoms. The molecule has 25 heavy (non-hydrogen) atoms. The van der Waals surface area contributed by atoms with Crippen molar-refractivity contribution in [2.75, 3.05) is 37.8 Å². The zero-order chi connectivity index (χ0) is 17.6. The lowest BCUT2D eigenvalue weighted by molar-refractivity contribution is -0.129. The van der Waals surface area contributed by atoms with Crippen LogP contribution in [0.1, 0.15) is 26.2 Å². The topological polar surface area (TPSA) is 54.5 Å². The first-order valence-electron chi connectivity index (χ1n) is 8.87. The third-order valence-electron chi connectivity index (χ3n) is 4.37. The van der Waals surface area contributed by atoms with E-state index in [-0.39, 0.29) is 5.91 Å². The summed E-state index contributed by atoms with van der Waals surface area (Å²) in [5, 5.41) is 5.09. The SMILES string of the molecule is CCOc1ccc2nc(SCC(=O)N3CCCCC3)c(NC)cc2c1. The summed E-state index contributed by atoms with van der Waals surface area (Å²) in [7, 11) is 1.88. The Morgan fingerprint density at radius 1 is 1.28 bits per heavy atom. The van der Waals surface area contributed by atoms with Crippen molar-refractivity contribution in [3.8, 4) is 5.75 Å². The molecule has 2 heterocycles. The molecule has 0 atom stereocenters. The minimum Gasteiger partial charge on any atom is -0.494 e. The number of carbonyl (C=O) groups excluding carboxylic acids is 1. The van der Waals surface area contributed by atoms with Crippen molar-refractivity contribution in [2.24, 2.45) is 0 Å². The first kappa shape index (κ1) is 17.9. The number of nitrogens with zero attached hydrogens (tertiary/aromatic N) is 2. The average molecular weight is 359 g/mol. The van der Waals surface area contributed by atoms with Gasteiger partial charge in [0.25, 0.3) is 0 Å². The van der Waals surface area contributed by atoms with E-state index >= 15 is 0 Å². The zero-order valence-electron chi connectivity index (χ0n) is 14.9. The molecule has 134 valence electrons. The van der Waals surface area contributed by atoms with Crippen molar-refractivity contribution in [1.29, 1.82) is 0 Å². The maximum atomic E-state index is 12.4. The molecule has 3 rings (SSSR count). The number of thioether (sulfide) groups is 1. The number of likely N-dealkylation sites (tertiary alicyclic amines) is 1. The highest BCUT2D eigenvalue weighted by Crippen LogP contribution is 2.30. The number of hydrogen-bond donors (Lipinski definition) is 1. The molecular formula is C19H25N3O2S. The molecule has 0 radical (unpaired) electrons. The molecule has 2 aromatic rings. The van der Waals surface area contributed by atoms with Gasteiger partial charge in [-0.25, -0.2) is 4.98 Å². The van der Waals surface area contributed by atoms with Crippen LogP contribution in [0.4, 0.5) is 5.69 Å². The lowest BCUT2D eigenvalue weighted by Gasteiger charge is -2.26. The van der Waals surface area contributed by atoms with Gasteiger partial charge in [0, 0.05) is 25.5 Å². The van der Waals surface area contributed by atoms with E-state index < -0.39 is 0 Å². The monoisotopic (exact) mass is 359 g/mol. The van der Waals surface area contributed by atoms with E-state index in [2.05, 4.69) is 11.4 Å². The maximum absolute atomic E-state index is 12.4. The second-order valence-electron chi connectivity index (χ2n) is 6.11. The van der Waals surface area contributed by atoms with Gasteiger partial charge >= 0.3 is 0 Å². The highest BCUT2D eigenvalue weighted by Gasteiger charge is 2.17. The molecular weight excluding hydrogens is 334 g/mol. The minimum absolute atomic E-state index is 0.209. The number of pyridine rings is 1. The standard InChI is InChI=1S/C19H25N3O2S/c1-3-24-15-7-8-16-14(11-15)12-17(20-2)19(21-16)25-13-18(23)22-9-5-4-6-10-22/h7-8,11-12,20H,3-6,9-10,13H2,1-2H3. The molecule has 1 aromatic carbocycles. The van der Waals surface area contributed by atoms with Gasteiger partial charge < -0.3 is 15.0 Å². The molecule has 1 aliphatic heterocycles. The number of anilines is 1. The molecule has 5 nitrogen and oxygen atoms in total. The van der Waals surface area contributed by atoms with Gasteiger partial charge in [0.1, 0.15) is 10.8 Å². The Morgan fingerprint density at radius 2 is 2.08 bits per heavy atom. The predicted octanol–water partition coefficient (Wildman–Crippen LogP) is 3.78. The number of piperidine rings is 1. The maximum Gasteiger partial charge on any atom is 0.232 e. The summed E-state index contributed by atoms with van der Waals surface area (Å²) in [6.07, 6.45) is 3.47. The van der Waals surface area contributed by atoms with E-state index in [4.69, 9.17) is 9.72 Å². The fraction of sp³-hybridized carbons (Fsp3) is 0.474. The van der Waals surface area contributed by atoms with Crippen molar-refractivity contribution >= 4 is 34.3 Å². The van der Waals surface area contributed by atoms with E-state index in [0.717, 1.165) is 53.3 Å². The predicted molar refractivity (Wildman–Crippen MR) is 104 cm³/mol. The largest absolute Gasteiger partial charge is 0.494 e. The number of nitrogens with one attached hydrogen (secondary N) is 1. The van der Waals surface area contributed by atoms with Crippen LogP contribution < -0.4 is 10.1 Å². The van der Waals surface area contributed by atoms with Crippen LogP contribution in [0.25, 0.3) is 10.9 Å². The number of rotatable bonds is 6. The van der Waals surface area contributed by atoms with Gasteiger partial charge in [0.15, 0.2) is 0 Å². The molecule has 1 N–H and O–H groups in total. The van der Waals surface area contributed by atoms with Gasteiger partial charge in [-0.15, -0.1) is 0 Å². The first-order chi connectivity index (χ1) is 12.2. The van der Waals surface area contributed by atoms with E-state index in [1.54, 1.807) is 0 Å². The van der Waals surface area contributed by atoms with Crippen LogP contribution in [-0.2, 0) is 4.79 Å². The third-order valence-corrected chi connectivity index (χ3v) is 5.35. The summed E-state index contributed by atoms with van der Waals surface area (Å²) < 4.78 is 5.56. The summed E-state index contributed by atoms with van der Waals surface area (Å²) in [6, 6.07) is 7.97. The third kappa shape index (κ3) is 4.37. The zero-order valence-corrected chi connectivity index (χ0v) is 15.7. The Labute approximate surface area is 153 Å². The number of aromatic nitrogens is 1. The van der Waals surface area contributed by atoms with E-state index in [9.17, 15) is 4.79 Å². The van der Waals surface area contributed by atoms with Crippen LogP contribution in [0.5, 0.6) is 5.75 Å². The van der Waals surface area contributed by atoms with Crippen LogP contribution >= 0.6 is 11.8 Å². The summed E-state index contributed by atoms with van der Waals surface area (Å²) in [4.78, 5) is 19.1. The van der Waals surface area contributed by atoms with Crippen molar-refractivity contribution < 1.29 is 9.53 Å². The van der Waals surface area contributed by atoms with Crippen LogP contribution in [0.3, 0.4) is 0 Å². The van der Waals surface area contributed by atoms with Crippen molar-refractivity contribution in [2.45, 2.75) is 31.2 Å². The van der Waals surface area contributed by atoms with Crippen molar-refractivity contribution in [3.05, 3.63) is 24.3 Å². The van der Waals surface area contributed by atoms with Crippen LogP contribution in [-0.4, -0.2) is 48.3 Å². The fourth-order valence-electron chi connectivity index (χ4n) is 3.05. The fourth-order valence-corrected chi connectivity index (χ4v) is 3.97. The lowest BCUT2D eigenvalue weighted by atomic mass is 10.1. The molecule has 0 aliphatic carbocycles. The van der Waals surface area contributed by atoms with Gasteiger partial charge in [-0.2, -0.15) is 0 Å². The minimum atomic E-state index is 0.209. The summed E-state index contributed by atoms with van der Waals surface area (Å²) in [5.41, 5.74) is 1.85. The number of benzene rings is 1. The lowest BCUT2D eigenvalue weighted by Crippen LogP contribution is -2.36. The van der Waals surface area contributed by atoms with Crippen LogP contribution in [0.2, 0.25) is 0 Å². The van der Waals surface area contributed by atoms with Crippen molar-refractivity contribution in [3.63, 3.8) is 0 Å². The number of fused-ring (bicyclic) bond motifs is 1. The number of carbonyl (C=O) groups is 1. The van der Waals surface area contributed by atoms with Crippen LogP contribution in [0, 0.1) is 0 Å². The molecule has 0 bridgehead atoms. The Morgan fingerprint density at radius 3 is 2.80 bits per heavy atom. The summed E-state index contributed by atoms with van der Waals surface area (Å²) >= 11 is 1.51. The summed E-state index contributed by atoms with van der Waals surface area (Å²) in [6.45, 7) is 4.40. The number of hydrogen-bond acceptors (Lipinski definition) is 5. The smallest absolute Gasteiger partial charge is 0.232 e. The first-order valence-corrected chi connectivity index (χ1v) is 9.85. The van der Waals surface area contributed by atoms with Gasteiger partial charge in [-0.3, -0.25) is 4.79 Å². The second-order valence-corrected chi connectivity index (χ2v) is 7.07. The Balaban J connectivity index is 1.75. The highest BCUT2D eigenvalue weighted by atomic mass is 32.2. The van der Waals surface area contributed by atoms with Gasteiger partial charge in [0.2, 0.25) is 5.91 Å². The molecule has 1 aromatic heterocycles. The molecule has 0 unspecified atom stereocenters. The average Bonchev–Trinajstić information content (AvgIpc) is 2.66. The van der Waals surface area contributed by atoms with Gasteiger partial charge in [-0.05, 0) is 50.5 Å². The molecule has 1 aliphatic rings.